The lowest BCUT2D eigenvalue weighted by atomic mass is 10.2. The van der Waals surface area contributed by atoms with Crippen LogP contribution in [-0.4, -0.2) is 46.8 Å². The monoisotopic (exact) mass is 224 g/mol. The zero-order valence-electron chi connectivity index (χ0n) is 10.0. The summed E-state index contributed by atoms with van der Waals surface area (Å²) in [5.41, 5.74) is 0. The van der Waals surface area contributed by atoms with Crippen LogP contribution in [0, 0.1) is 0 Å². The topological polar surface area (TPSA) is 54.2 Å². The first kappa shape index (κ1) is 11.5. The Kier molecular flexibility index (Phi) is 3.90. The Bertz CT molecular complexity index is 299. The number of nitrogens with one attached hydrogen (secondary N) is 1. The molecule has 1 aliphatic heterocycles. The highest BCUT2D eigenvalue weighted by Gasteiger charge is 2.22. The fourth-order valence-corrected chi connectivity index (χ4v) is 2.20. The molecule has 1 unspecified atom stereocenters. The van der Waals surface area contributed by atoms with Gasteiger partial charge < -0.3 is 14.7 Å². The minimum Gasteiger partial charge on any atom is -0.340 e. The van der Waals surface area contributed by atoms with Gasteiger partial charge in [0.05, 0.1) is 0 Å². The molecule has 1 saturated heterocycles. The number of aromatic nitrogens is 2. The minimum absolute atomic E-state index is 0.570. The minimum atomic E-state index is 0.570. The van der Waals surface area contributed by atoms with Gasteiger partial charge in [0, 0.05) is 31.6 Å². The lowest BCUT2D eigenvalue weighted by Gasteiger charge is -2.17. The Hall–Kier alpha value is -0.940. The molecule has 0 aromatic carbocycles. The molecule has 90 valence electrons. The van der Waals surface area contributed by atoms with Gasteiger partial charge in [-0.2, -0.15) is 4.98 Å². The van der Waals surface area contributed by atoms with Gasteiger partial charge in [-0.15, -0.1) is 0 Å². The molecular weight excluding hydrogens is 204 g/mol. The molecule has 0 bridgehead atoms. The van der Waals surface area contributed by atoms with E-state index in [1.165, 1.54) is 19.3 Å². The van der Waals surface area contributed by atoms with Crippen LogP contribution < -0.4 is 5.32 Å². The smallest absolute Gasteiger partial charge is 0.227 e. The molecule has 2 rings (SSSR count). The summed E-state index contributed by atoms with van der Waals surface area (Å²) in [7, 11) is 0. The average molecular weight is 224 g/mol. The van der Waals surface area contributed by atoms with E-state index in [-0.39, 0.29) is 0 Å². The summed E-state index contributed by atoms with van der Waals surface area (Å²) in [5.74, 6) is 0.736. The maximum Gasteiger partial charge on any atom is 0.227 e. The van der Waals surface area contributed by atoms with E-state index in [1.807, 2.05) is 0 Å². The second-order valence-electron chi connectivity index (χ2n) is 4.69. The van der Waals surface area contributed by atoms with E-state index >= 15 is 0 Å². The summed E-state index contributed by atoms with van der Waals surface area (Å²) >= 11 is 0. The third-order valence-corrected chi connectivity index (χ3v) is 2.89. The van der Waals surface area contributed by atoms with Gasteiger partial charge in [-0.1, -0.05) is 19.0 Å². The zero-order valence-corrected chi connectivity index (χ0v) is 10.0. The number of hydrogen-bond acceptors (Lipinski definition) is 5. The van der Waals surface area contributed by atoms with Crippen molar-refractivity contribution < 1.29 is 4.52 Å². The van der Waals surface area contributed by atoms with Crippen LogP contribution in [0.25, 0.3) is 0 Å². The second-order valence-corrected chi connectivity index (χ2v) is 4.69. The Morgan fingerprint density at radius 3 is 3.19 bits per heavy atom. The van der Waals surface area contributed by atoms with E-state index in [9.17, 15) is 0 Å². The first-order valence-electron chi connectivity index (χ1n) is 5.98. The van der Waals surface area contributed by atoms with Gasteiger partial charge >= 0.3 is 0 Å². The first-order chi connectivity index (χ1) is 7.74. The summed E-state index contributed by atoms with van der Waals surface area (Å²) in [6, 6.07) is 1.21. The Morgan fingerprint density at radius 1 is 1.62 bits per heavy atom. The van der Waals surface area contributed by atoms with E-state index in [0.29, 0.717) is 12.1 Å². The molecule has 1 fully saturated rings. The molecule has 0 aliphatic carbocycles. The molecule has 2 heterocycles. The number of hydrogen-bond donors (Lipinski definition) is 1. The van der Waals surface area contributed by atoms with Gasteiger partial charge in [0.15, 0.2) is 6.33 Å². The summed E-state index contributed by atoms with van der Waals surface area (Å²) < 4.78 is 4.98. The Morgan fingerprint density at radius 2 is 2.50 bits per heavy atom. The van der Waals surface area contributed by atoms with Crippen LogP contribution in [0.15, 0.2) is 10.9 Å². The number of nitrogens with zero attached hydrogens (tertiary/aromatic N) is 3. The molecule has 1 aromatic rings. The Balaban J connectivity index is 1.69. The molecule has 1 aromatic heterocycles. The fourth-order valence-electron chi connectivity index (χ4n) is 2.20. The summed E-state index contributed by atoms with van der Waals surface area (Å²) in [5, 5.41) is 7.18. The maximum atomic E-state index is 4.98. The molecule has 0 radical (unpaired) electrons. The summed E-state index contributed by atoms with van der Waals surface area (Å²) in [4.78, 5) is 6.47. The van der Waals surface area contributed by atoms with Crippen molar-refractivity contribution in [2.75, 3.05) is 19.6 Å². The van der Waals surface area contributed by atoms with E-state index < -0.39 is 0 Å². The SMILES string of the molecule is CC(C)NC1CCN(CCc2ncno2)C1. The lowest BCUT2D eigenvalue weighted by molar-refractivity contribution is 0.302. The van der Waals surface area contributed by atoms with Crippen LogP contribution >= 0.6 is 0 Å². The number of likely N-dealkylation sites (tertiary alicyclic amines) is 1. The van der Waals surface area contributed by atoms with Gasteiger partial charge in [-0.25, -0.2) is 0 Å². The van der Waals surface area contributed by atoms with Crippen LogP contribution in [0.5, 0.6) is 0 Å². The maximum absolute atomic E-state index is 4.98. The molecule has 5 nitrogen and oxygen atoms in total. The van der Waals surface area contributed by atoms with Gasteiger partial charge in [-0.05, 0) is 13.0 Å². The second kappa shape index (κ2) is 5.41. The van der Waals surface area contributed by atoms with Crippen LogP contribution in [-0.2, 0) is 6.42 Å². The summed E-state index contributed by atoms with van der Waals surface area (Å²) in [6.45, 7) is 7.70. The molecule has 0 amide bonds. The molecular formula is C11H20N4O. The molecule has 1 atom stereocenters. The lowest BCUT2D eigenvalue weighted by Crippen LogP contribution is -2.37. The zero-order chi connectivity index (χ0) is 11.4. The van der Waals surface area contributed by atoms with Crippen LogP contribution in [0.3, 0.4) is 0 Å². The quantitative estimate of drug-likeness (QED) is 0.797. The largest absolute Gasteiger partial charge is 0.340 e. The van der Waals surface area contributed by atoms with E-state index in [4.69, 9.17) is 4.52 Å². The summed E-state index contributed by atoms with van der Waals surface area (Å²) in [6.07, 6.45) is 3.55. The van der Waals surface area contributed by atoms with E-state index in [1.54, 1.807) is 0 Å². The van der Waals surface area contributed by atoms with Crippen molar-refractivity contribution in [3.8, 4) is 0 Å². The van der Waals surface area contributed by atoms with Crippen molar-refractivity contribution >= 4 is 0 Å². The predicted molar refractivity (Wildman–Crippen MR) is 61.1 cm³/mol. The van der Waals surface area contributed by atoms with Crippen molar-refractivity contribution in [1.29, 1.82) is 0 Å². The third-order valence-electron chi connectivity index (χ3n) is 2.89. The molecule has 16 heavy (non-hydrogen) atoms. The predicted octanol–water partition coefficient (Wildman–Crippen LogP) is 0.684. The molecule has 1 aliphatic rings. The molecule has 0 spiro atoms. The average Bonchev–Trinajstić information content (AvgIpc) is 2.84. The van der Waals surface area contributed by atoms with E-state index in [2.05, 4.69) is 34.2 Å². The number of rotatable bonds is 5. The molecule has 5 heteroatoms. The van der Waals surface area contributed by atoms with Crippen molar-refractivity contribution in [3.05, 3.63) is 12.2 Å². The molecule has 0 saturated carbocycles. The van der Waals surface area contributed by atoms with Gasteiger partial charge in [0.25, 0.3) is 0 Å². The highest BCUT2D eigenvalue weighted by molar-refractivity contribution is 4.84. The first-order valence-corrected chi connectivity index (χ1v) is 5.98. The molecule has 1 N–H and O–H groups in total. The van der Waals surface area contributed by atoms with Crippen molar-refractivity contribution in [2.45, 2.75) is 38.8 Å². The standard InChI is InChI=1S/C11H20N4O/c1-9(2)14-10-3-5-15(7-10)6-4-11-12-8-13-16-11/h8-10,14H,3-7H2,1-2H3. The van der Waals surface area contributed by atoms with Crippen LogP contribution in [0.4, 0.5) is 0 Å². The normalized spacial score (nSPS) is 22.1. The highest BCUT2D eigenvalue weighted by atomic mass is 16.5. The van der Waals surface area contributed by atoms with Crippen molar-refractivity contribution in [1.82, 2.24) is 20.4 Å². The van der Waals surface area contributed by atoms with Gasteiger partial charge in [0.1, 0.15) is 0 Å². The highest BCUT2D eigenvalue weighted by Crippen LogP contribution is 2.10. The van der Waals surface area contributed by atoms with Crippen molar-refractivity contribution in [2.24, 2.45) is 0 Å². The van der Waals surface area contributed by atoms with Gasteiger partial charge in [-0.3, -0.25) is 0 Å². The van der Waals surface area contributed by atoms with Crippen LogP contribution in [0.1, 0.15) is 26.2 Å². The third kappa shape index (κ3) is 3.28. The Labute approximate surface area is 96.2 Å². The van der Waals surface area contributed by atoms with Crippen molar-refractivity contribution in [3.63, 3.8) is 0 Å². The van der Waals surface area contributed by atoms with Crippen LogP contribution in [0.2, 0.25) is 0 Å². The fraction of sp³-hybridized carbons (Fsp3) is 0.818. The van der Waals surface area contributed by atoms with Gasteiger partial charge in [0.2, 0.25) is 5.89 Å². The van der Waals surface area contributed by atoms with E-state index in [0.717, 1.165) is 25.4 Å².